The number of thioether (sulfide) groups is 1. The van der Waals surface area contributed by atoms with Crippen molar-refractivity contribution in [1.29, 1.82) is 0 Å². The first kappa shape index (κ1) is 26.6. The molecule has 0 radical (unpaired) electrons. The molecule has 35 heavy (non-hydrogen) atoms. The molecule has 3 amide bonds. The molecule has 11 nitrogen and oxygen atoms in total. The van der Waals surface area contributed by atoms with Crippen molar-refractivity contribution in [2.45, 2.75) is 88.6 Å². The monoisotopic (exact) mass is 511 g/mol. The zero-order chi connectivity index (χ0) is 24.6. The molecule has 7 unspecified atom stereocenters. The van der Waals surface area contributed by atoms with Crippen LogP contribution in [0.5, 0.6) is 0 Å². The maximum absolute atomic E-state index is 12.3. The molecular weight excluding hydrogens is 470 g/mol. The topological polar surface area (TPSA) is 145 Å². The fraction of sp³-hybridized carbons (Fsp3) is 0.870. The van der Waals surface area contributed by atoms with Crippen LogP contribution in [0.2, 0.25) is 0 Å². The Morgan fingerprint density at radius 2 is 2.03 bits per heavy atom. The second kappa shape index (κ2) is 13.2. The standard InChI is InChI=1S/C23H41N7O4S/c1-2-17(31)26-20-12-14(13-35-20)21-27-19(34-30-21)9-8-18(32)24-10-5-11-25-22-15-6-3-4-7-16(15)23(33)29-28-22/h14-16,19-22,25,27-28,30H,2-13H2,1H3,(H,24,32)(H,26,31)(H,29,33). The molecule has 1 aliphatic carbocycles. The Morgan fingerprint density at radius 3 is 2.89 bits per heavy atom. The van der Waals surface area contributed by atoms with Crippen molar-refractivity contribution in [3.63, 3.8) is 0 Å². The molecule has 198 valence electrons. The van der Waals surface area contributed by atoms with E-state index in [9.17, 15) is 14.4 Å². The van der Waals surface area contributed by atoms with Crippen molar-refractivity contribution in [2.75, 3.05) is 18.8 Å². The summed E-state index contributed by atoms with van der Waals surface area (Å²) < 4.78 is 0. The van der Waals surface area contributed by atoms with Crippen molar-refractivity contribution in [3.05, 3.63) is 0 Å². The predicted molar refractivity (Wildman–Crippen MR) is 133 cm³/mol. The Labute approximate surface area is 211 Å². The number of fused-ring (bicyclic) bond motifs is 1. The number of hydroxylamine groups is 1. The Kier molecular flexibility index (Phi) is 10.0. The van der Waals surface area contributed by atoms with Crippen LogP contribution in [-0.2, 0) is 19.2 Å². The van der Waals surface area contributed by atoms with E-state index in [1.54, 1.807) is 11.8 Å². The number of hydrogen-bond donors (Lipinski definition) is 7. The normalized spacial score (nSPS) is 34.8. The van der Waals surface area contributed by atoms with E-state index in [1.165, 1.54) is 6.42 Å². The van der Waals surface area contributed by atoms with E-state index in [4.69, 9.17) is 4.84 Å². The molecule has 7 N–H and O–H groups in total. The molecule has 0 spiro atoms. The van der Waals surface area contributed by atoms with Crippen LogP contribution in [0, 0.1) is 17.8 Å². The number of carbonyl (C=O) groups is 3. The average molecular weight is 512 g/mol. The molecule has 0 aromatic rings. The lowest BCUT2D eigenvalue weighted by atomic mass is 9.76. The van der Waals surface area contributed by atoms with Crippen LogP contribution >= 0.6 is 11.8 Å². The zero-order valence-electron chi connectivity index (χ0n) is 20.6. The van der Waals surface area contributed by atoms with Gasteiger partial charge in [0.2, 0.25) is 17.7 Å². The molecule has 4 aliphatic rings. The number of rotatable bonds is 11. The molecule has 0 bridgehead atoms. The molecule has 4 fully saturated rings. The zero-order valence-corrected chi connectivity index (χ0v) is 21.4. The molecule has 4 rings (SSSR count). The maximum atomic E-state index is 12.3. The minimum Gasteiger partial charge on any atom is -0.356 e. The third-order valence-electron chi connectivity index (χ3n) is 7.45. The van der Waals surface area contributed by atoms with Crippen LogP contribution < -0.4 is 37.6 Å². The van der Waals surface area contributed by atoms with Gasteiger partial charge in [-0.1, -0.05) is 19.8 Å². The summed E-state index contributed by atoms with van der Waals surface area (Å²) in [5.41, 5.74) is 8.98. The van der Waals surface area contributed by atoms with E-state index < -0.39 is 0 Å². The Morgan fingerprint density at radius 1 is 1.17 bits per heavy atom. The van der Waals surface area contributed by atoms with Crippen molar-refractivity contribution in [2.24, 2.45) is 17.8 Å². The highest BCUT2D eigenvalue weighted by Gasteiger charge is 2.40. The fourth-order valence-electron chi connectivity index (χ4n) is 5.42. The Bertz CT molecular complexity index is 745. The van der Waals surface area contributed by atoms with Crippen molar-refractivity contribution in [3.8, 4) is 0 Å². The third-order valence-corrected chi connectivity index (χ3v) is 8.79. The fourth-order valence-corrected chi connectivity index (χ4v) is 6.83. The number of nitrogens with one attached hydrogen (secondary N) is 7. The summed E-state index contributed by atoms with van der Waals surface area (Å²) in [5, 5.41) is 13.1. The maximum Gasteiger partial charge on any atom is 0.237 e. The smallest absolute Gasteiger partial charge is 0.237 e. The van der Waals surface area contributed by atoms with Crippen molar-refractivity contribution >= 4 is 29.5 Å². The summed E-state index contributed by atoms with van der Waals surface area (Å²) in [6.07, 6.45) is 7.50. The lowest BCUT2D eigenvalue weighted by molar-refractivity contribution is -0.134. The Balaban J connectivity index is 1.04. The minimum atomic E-state index is -0.197. The summed E-state index contributed by atoms with van der Waals surface area (Å²) in [5.74, 6) is 1.99. The van der Waals surface area contributed by atoms with Gasteiger partial charge >= 0.3 is 0 Å². The van der Waals surface area contributed by atoms with Crippen LogP contribution in [0.1, 0.15) is 64.7 Å². The lowest BCUT2D eigenvalue weighted by Gasteiger charge is -2.41. The van der Waals surface area contributed by atoms with Crippen LogP contribution in [0.3, 0.4) is 0 Å². The molecule has 3 saturated heterocycles. The number of hydrogen-bond acceptors (Lipinski definition) is 9. The molecular formula is C23H41N7O4S. The van der Waals surface area contributed by atoms with Crippen LogP contribution in [0.15, 0.2) is 0 Å². The Hall–Kier alpha value is -1.44. The van der Waals surface area contributed by atoms with E-state index in [2.05, 4.69) is 37.6 Å². The largest absolute Gasteiger partial charge is 0.356 e. The van der Waals surface area contributed by atoms with Crippen LogP contribution in [-0.4, -0.2) is 60.5 Å². The van der Waals surface area contributed by atoms with E-state index in [-0.39, 0.29) is 47.6 Å². The summed E-state index contributed by atoms with van der Waals surface area (Å²) in [7, 11) is 0. The van der Waals surface area contributed by atoms with Gasteiger partial charge in [-0.25, -0.2) is 5.43 Å². The highest BCUT2D eigenvalue weighted by molar-refractivity contribution is 8.00. The molecule has 0 aromatic heterocycles. The average Bonchev–Trinajstić information content (AvgIpc) is 3.53. The van der Waals surface area contributed by atoms with Crippen LogP contribution in [0.4, 0.5) is 0 Å². The van der Waals surface area contributed by atoms with Gasteiger partial charge in [-0.15, -0.1) is 11.8 Å². The summed E-state index contributed by atoms with van der Waals surface area (Å²) in [4.78, 5) is 41.6. The van der Waals surface area contributed by atoms with Crippen molar-refractivity contribution in [1.82, 2.24) is 37.6 Å². The quantitative estimate of drug-likeness (QED) is 0.191. The first-order chi connectivity index (χ1) is 17.0. The predicted octanol–water partition coefficient (Wildman–Crippen LogP) is 0.0114. The number of carbonyl (C=O) groups excluding carboxylic acids is 3. The second-order valence-corrected chi connectivity index (χ2v) is 11.2. The summed E-state index contributed by atoms with van der Waals surface area (Å²) in [6, 6.07) is 0. The number of amides is 3. The van der Waals surface area contributed by atoms with Gasteiger partial charge in [0.15, 0.2) is 0 Å². The SMILES string of the molecule is CCC(=O)NC1CC(C2NOC(CCC(=O)NCCCNC3NNC(=O)C4CCCCC34)N2)CS1. The molecule has 3 heterocycles. The number of hydrazine groups is 1. The molecule has 12 heteroatoms. The highest BCUT2D eigenvalue weighted by Crippen LogP contribution is 2.34. The van der Waals surface area contributed by atoms with Gasteiger partial charge in [-0.2, -0.15) is 5.48 Å². The van der Waals surface area contributed by atoms with Gasteiger partial charge in [0.05, 0.1) is 17.7 Å². The summed E-state index contributed by atoms with van der Waals surface area (Å²) in [6.45, 7) is 3.25. The molecule has 3 aliphatic heterocycles. The van der Waals surface area contributed by atoms with Gasteiger partial charge in [-0.05, 0) is 38.6 Å². The summed E-state index contributed by atoms with van der Waals surface area (Å²) >= 11 is 1.77. The van der Waals surface area contributed by atoms with Gasteiger partial charge in [0.1, 0.15) is 6.23 Å². The second-order valence-electron chi connectivity index (χ2n) is 9.97. The highest BCUT2D eigenvalue weighted by atomic mass is 32.2. The van der Waals surface area contributed by atoms with Gasteiger partial charge in [0, 0.05) is 42.9 Å². The van der Waals surface area contributed by atoms with Gasteiger partial charge < -0.3 is 16.0 Å². The van der Waals surface area contributed by atoms with Gasteiger partial charge in [-0.3, -0.25) is 30.0 Å². The third kappa shape index (κ3) is 7.53. The van der Waals surface area contributed by atoms with Crippen LogP contribution in [0.25, 0.3) is 0 Å². The first-order valence-corrected chi connectivity index (χ1v) is 14.2. The van der Waals surface area contributed by atoms with E-state index in [0.717, 1.165) is 44.4 Å². The van der Waals surface area contributed by atoms with E-state index in [1.807, 2.05) is 6.92 Å². The minimum absolute atomic E-state index is 0.0213. The first-order valence-electron chi connectivity index (χ1n) is 13.2. The van der Waals surface area contributed by atoms with E-state index >= 15 is 0 Å². The molecule has 1 saturated carbocycles. The van der Waals surface area contributed by atoms with Gasteiger partial charge in [0.25, 0.3) is 0 Å². The lowest BCUT2D eigenvalue weighted by Crippen LogP contribution is -2.64. The molecule has 0 aromatic carbocycles. The van der Waals surface area contributed by atoms with Crippen molar-refractivity contribution < 1.29 is 19.2 Å². The van der Waals surface area contributed by atoms with E-state index in [0.29, 0.717) is 37.6 Å². The molecule has 7 atom stereocenters.